The summed E-state index contributed by atoms with van der Waals surface area (Å²) >= 11 is 1.44. The Kier molecular flexibility index (Phi) is 5.60. The number of nitrogens with one attached hydrogen (secondary N) is 1. The molecule has 1 amide bonds. The Morgan fingerprint density at radius 3 is 2.64 bits per heavy atom. The quantitative estimate of drug-likeness (QED) is 0.657. The summed E-state index contributed by atoms with van der Waals surface area (Å²) in [5.41, 5.74) is 2.93. The van der Waals surface area contributed by atoms with Gasteiger partial charge in [-0.15, -0.1) is 0 Å². The summed E-state index contributed by atoms with van der Waals surface area (Å²) in [6.45, 7) is 5.15. The first-order chi connectivity index (χ1) is 12.2. The molecule has 0 aliphatic heterocycles. The van der Waals surface area contributed by atoms with E-state index in [2.05, 4.69) is 9.88 Å². The number of nitrogens with zero attached hydrogens (tertiary/aromatic N) is 2. The highest BCUT2D eigenvalue weighted by Gasteiger charge is 2.14. The van der Waals surface area contributed by atoms with Crippen LogP contribution in [0.15, 0.2) is 53.7 Å². The van der Waals surface area contributed by atoms with Crippen LogP contribution >= 0.6 is 11.8 Å². The van der Waals surface area contributed by atoms with Crippen molar-refractivity contribution in [3.05, 3.63) is 48.5 Å². The smallest absolute Gasteiger partial charge is 0.230 e. The van der Waals surface area contributed by atoms with Crippen molar-refractivity contribution >= 4 is 28.7 Å². The molecule has 0 aliphatic rings. The van der Waals surface area contributed by atoms with E-state index in [-0.39, 0.29) is 5.91 Å². The number of para-hydroxylation sites is 2. The molecule has 1 N–H and O–H groups in total. The van der Waals surface area contributed by atoms with Crippen molar-refractivity contribution in [3.63, 3.8) is 0 Å². The molecule has 0 bridgehead atoms. The molecule has 0 fully saturated rings. The zero-order chi connectivity index (χ0) is 17.6. The Balaban J connectivity index is 1.96. The van der Waals surface area contributed by atoms with E-state index < -0.39 is 0 Å². The number of thioether (sulfide) groups is 1. The highest BCUT2D eigenvalue weighted by Crippen LogP contribution is 2.28. The van der Waals surface area contributed by atoms with Gasteiger partial charge in [0.05, 0.1) is 23.4 Å². The van der Waals surface area contributed by atoms with Crippen molar-refractivity contribution < 1.29 is 9.53 Å². The van der Waals surface area contributed by atoms with Crippen LogP contribution in [0.5, 0.6) is 5.75 Å². The van der Waals surface area contributed by atoms with Crippen molar-refractivity contribution in [1.82, 2.24) is 14.9 Å². The maximum atomic E-state index is 11.8. The predicted molar refractivity (Wildman–Crippen MR) is 102 cm³/mol. The zero-order valence-electron chi connectivity index (χ0n) is 14.4. The van der Waals surface area contributed by atoms with E-state index in [0.29, 0.717) is 18.9 Å². The molecule has 6 heteroatoms. The first-order valence-electron chi connectivity index (χ1n) is 8.33. The van der Waals surface area contributed by atoms with Gasteiger partial charge in [0, 0.05) is 12.2 Å². The third kappa shape index (κ3) is 3.96. The van der Waals surface area contributed by atoms with E-state index in [0.717, 1.165) is 27.6 Å². The molecular weight excluding hydrogens is 334 g/mol. The van der Waals surface area contributed by atoms with Crippen LogP contribution in [0.25, 0.3) is 16.7 Å². The summed E-state index contributed by atoms with van der Waals surface area (Å²) in [6.07, 6.45) is 0. The number of rotatable bonds is 7. The number of fused-ring (bicyclic) bond motifs is 1. The first-order valence-corrected chi connectivity index (χ1v) is 9.31. The SMILES string of the molecule is CCNC(=O)CSc1nc2ccccc2n1-c1ccc(OCC)cc1. The van der Waals surface area contributed by atoms with Crippen LogP contribution in [-0.4, -0.2) is 34.4 Å². The van der Waals surface area contributed by atoms with Gasteiger partial charge in [-0.2, -0.15) is 0 Å². The number of hydrogen-bond acceptors (Lipinski definition) is 4. The second-order valence-corrected chi connectivity index (χ2v) is 6.33. The minimum absolute atomic E-state index is 0.0119. The molecule has 1 heterocycles. The first kappa shape index (κ1) is 17.4. The number of aromatic nitrogens is 2. The lowest BCUT2D eigenvalue weighted by Crippen LogP contribution is -2.24. The van der Waals surface area contributed by atoms with Crippen molar-refractivity contribution in [2.75, 3.05) is 18.9 Å². The molecule has 0 atom stereocenters. The van der Waals surface area contributed by atoms with Crippen LogP contribution in [-0.2, 0) is 4.79 Å². The molecule has 0 saturated heterocycles. The Morgan fingerprint density at radius 2 is 1.92 bits per heavy atom. The lowest BCUT2D eigenvalue weighted by molar-refractivity contribution is -0.118. The maximum Gasteiger partial charge on any atom is 0.230 e. The van der Waals surface area contributed by atoms with Crippen molar-refractivity contribution in [2.45, 2.75) is 19.0 Å². The van der Waals surface area contributed by atoms with Gasteiger partial charge >= 0.3 is 0 Å². The van der Waals surface area contributed by atoms with Gasteiger partial charge in [-0.3, -0.25) is 9.36 Å². The Bertz CT molecular complexity index is 859. The van der Waals surface area contributed by atoms with E-state index >= 15 is 0 Å². The fourth-order valence-corrected chi connectivity index (χ4v) is 3.44. The number of carbonyl (C=O) groups excluding carboxylic acids is 1. The van der Waals surface area contributed by atoms with Crippen LogP contribution < -0.4 is 10.1 Å². The van der Waals surface area contributed by atoms with Gasteiger partial charge in [-0.25, -0.2) is 4.98 Å². The average molecular weight is 355 g/mol. The van der Waals surface area contributed by atoms with Gasteiger partial charge in [0.2, 0.25) is 5.91 Å². The summed E-state index contributed by atoms with van der Waals surface area (Å²) in [5.74, 6) is 1.19. The normalized spacial score (nSPS) is 10.8. The van der Waals surface area contributed by atoms with Crippen LogP contribution in [0, 0.1) is 0 Å². The highest BCUT2D eigenvalue weighted by molar-refractivity contribution is 7.99. The number of amides is 1. The van der Waals surface area contributed by atoms with Crippen LogP contribution in [0.3, 0.4) is 0 Å². The minimum Gasteiger partial charge on any atom is -0.494 e. The summed E-state index contributed by atoms with van der Waals surface area (Å²) in [4.78, 5) is 16.5. The molecule has 3 rings (SSSR count). The minimum atomic E-state index is 0.0119. The second kappa shape index (κ2) is 8.07. The third-order valence-electron chi connectivity index (χ3n) is 3.64. The summed E-state index contributed by atoms with van der Waals surface area (Å²) in [5, 5.41) is 3.62. The molecule has 0 radical (unpaired) electrons. The fraction of sp³-hybridized carbons (Fsp3) is 0.263. The Labute approximate surface area is 151 Å². The van der Waals surface area contributed by atoms with Gasteiger partial charge in [-0.1, -0.05) is 23.9 Å². The van der Waals surface area contributed by atoms with E-state index in [1.54, 1.807) is 0 Å². The molecule has 1 aromatic heterocycles. The zero-order valence-corrected chi connectivity index (χ0v) is 15.2. The topological polar surface area (TPSA) is 56.2 Å². The summed E-state index contributed by atoms with van der Waals surface area (Å²) in [7, 11) is 0. The van der Waals surface area contributed by atoms with E-state index in [1.165, 1.54) is 11.8 Å². The van der Waals surface area contributed by atoms with Gasteiger partial charge in [-0.05, 0) is 50.2 Å². The number of hydrogen-bond donors (Lipinski definition) is 1. The molecule has 0 saturated carbocycles. The monoisotopic (exact) mass is 355 g/mol. The van der Waals surface area contributed by atoms with Crippen LogP contribution in [0.4, 0.5) is 0 Å². The van der Waals surface area contributed by atoms with Gasteiger partial charge in [0.15, 0.2) is 5.16 Å². The van der Waals surface area contributed by atoms with Crippen molar-refractivity contribution in [3.8, 4) is 11.4 Å². The molecule has 0 unspecified atom stereocenters. The van der Waals surface area contributed by atoms with E-state index in [9.17, 15) is 4.79 Å². The molecule has 25 heavy (non-hydrogen) atoms. The summed E-state index contributed by atoms with van der Waals surface area (Å²) in [6, 6.07) is 15.9. The molecule has 3 aromatic rings. The van der Waals surface area contributed by atoms with Gasteiger partial charge in [0.25, 0.3) is 0 Å². The molecule has 5 nitrogen and oxygen atoms in total. The third-order valence-corrected chi connectivity index (χ3v) is 4.58. The predicted octanol–water partition coefficient (Wildman–Crippen LogP) is 3.65. The van der Waals surface area contributed by atoms with Crippen LogP contribution in [0.1, 0.15) is 13.8 Å². The van der Waals surface area contributed by atoms with Crippen molar-refractivity contribution in [2.24, 2.45) is 0 Å². The highest BCUT2D eigenvalue weighted by atomic mass is 32.2. The average Bonchev–Trinajstić information content (AvgIpc) is 3.00. The lowest BCUT2D eigenvalue weighted by Gasteiger charge is -2.10. The summed E-state index contributed by atoms with van der Waals surface area (Å²) < 4.78 is 7.60. The van der Waals surface area contributed by atoms with Crippen LogP contribution in [0.2, 0.25) is 0 Å². The molecule has 2 aromatic carbocycles. The second-order valence-electron chi connectivity index (χ2n) is 5.39. The molecule has 0 aliphatic carbocycles. The largest absolute Gasteiger partial charge is 0.494 e. The fourth-order valence-electron chi connectivity index (χ4n) is 2.59. The number of imidazole rings is 1. The van der Waals surface area contributed by atoms with E-state index in [4.69, 9.17) is 9.72 Å². The maximum absolute atomic E-state index is 11.8. The Hall–Kier alpha value is -2.47. The molecule has 130 valence electrons. The number of ether oxygens (including phenoxy) is 1. The lowest BCUT2D eigenvalue weighted by atomic mass is 10.2. The molecule has 0 spiro atoms. The van der Waals surface area contributed by atoms with Gasteiger partial charge < -0.3 is 10.1 Å². The Morgan fingerprint density at radius 1 is 1.16 bits per heavy atom. The van der Waals surface area contributed by atoms with Crippen molar-refractivity contribution in [1.29, 1.82) is 0 Å². The number of benzene rings is 2. The molecular formula is C19H21N3O2S. The van der Waals surface area contributed by atoms with E-state index in [1.807, 2.05) is 62.4 Å². The number of carbonyl (C=O) groups is 1. The standard InChI is InChI=1S/C19H21N3O2S/c1-3-20-18(23)13-25-19-21-16-7-5-6-8-17(16)22(19)14-9-11-15(12-10-14)24-4-2/h5-12H,3-4,13H2,1-2H3,(H,20,23). The van der Waals surface area contributed by atoms with Gasteiger partial charge in [0.1, 0.15) is 5.75 Å².